The van der Waals surface area contributed by atoms with Crippen LogP contribution in [0.2, 0.25) is 5.02 Å². The highest BCUT2D eigenvalue weighted by Gasteiger charge is 2.28. The number of hydrogen-bond acceptors (Lipinski definition) is 2. The highest BCUT2D eigenvalue weighted by atomic mass is 35.5. The van der Waals surface area contributed by atoms with Gasteiger partial charge in [-0.2, -0.15) is 0 Å². The SMILES string of the molecule is CC(=O)c1ccc(N2CCCC2C(C)C)c(Cl)c1. The van der Waals surface area contributed by atoms with Crippen LogP contribution in [0.4, 0.5) is 5.69 Å². The molecule has 2 rings (SSSR count). The summed E-state index contributed by atoms with van der Waals surface area (Å²) < 4.78 is 0. The van der Waals surface area contributed by atoms with Crippen LogP contribution in [-0.4, -0.2) is 18.4 Å². The van der Waals surface area contributed by atoms with Crippen molar-refractivity contribution in [3.05, 3.63) is 28.8 Å². The second-order valence-corrected chi connectivity index (χ2v) is 5.78. The maximum atomic E-state index is 11.3. The molecule has 0 saturated carbocycles. The Morgan fingerprint density at radius 2 is 2.17 bits per heavy atom. The van der Waals surface area contributed by atoms with Gasteiger partial charge in [-0.3, -0.25) is 4.79 Å². The van der Waals surface area contributed by atoms with E-state index in [0.717, 1.165) is 12.2 Å². The van der Waals surface area contributed by atoms with Crippen LogP contribution in [0.15, 0.2) is 18.2 Å². The van der Waals surface area contributed by atoms with Crippen molar-refractivity contribution >= 4 is 23.1 Å². The lowest BCUT2D eigenvalue weighted by Gasteiger charge is -2.30. The summed E-state index contributed by atoms with van der Waals surface area (Å²) in [4.78, 5) is 13.7. The van der Waals surface area contributed by atoms with E-state index < -0.39 is 0 Å². The molecule has 2 nitrogen and oxygen atoms in total. The number of carbonyl (C=O) groups is 1. The van der Waals surface area contributed by atoms with Crippen LogP contribution in [0.1, 0.15) is 44.0 Å². The molecule has 1 aromatic carbocycles. The van der Waals surface area contributed by atoms with Crippen LogP contribution in [0.25, 0.3) is 0 Å². The number of rotatable bonds is 3. The van der Waals surface area contributed by atoms with Gasteiger partial charge in [0.25, 0.3) is 0 Å². The molecule has 0 N–H and O–H groups in total. The maximum absolute atomic E-state index is 11.3. The summed E-state index contributed by atoms with van der Waals surface area (Å²) in [5.41, 5.74) is 1.75. The van der Waals surface area contributed by atoms with Gasteiger partial charge in [0.05, 0.1) is 10.7 Å². The molecule has 0 spiro atoms. The fraction of sp³-hybridized carbons (Fsp3) is 0.533. The van der Waals surface area contributed by atoms with Crippen LogP contribution >= 0.6 is 11.6 Å². The van der Waals surface area contributed by atoms with Crippen LogP contribution in [0.5, 0.6) is 0 Å². The Morgan fingerprint density at radius 1 is 1.44 bits per heavy atom. The van der Waals surface area contributed by atoms with E-state index in [-0.39, 0.29) is 5.78 Å². The molecule has 1 unspecified atom stereocenters. The lowest BCUT2D eigenvalue weighted by molar-refractivity contribution is 0.101. The summed E-state index contributed by atoms with van der Waals surface area (Å²) in [6, 6.07) is 6.21. The topological polar surface area (TPSA) is 20.3 Å². The van der Waals surface area contributed by atoms with Gasteiger partial charge < -0.3 is 4.90 Å². The van der Waals surface area contributed by atoms with E-state index in [9.17, 15) is 4.79 Å². The molecule has 0 radical (unpaired) electrons. The molecule has 0 amide bonds. The number of hydrogen-bond donors (Lipinski definition) is 0. The van der Waals surface area contributed by atoms with Gasteiger partial charge in [-0.1, -0.05) is 25.4 Å². The number of ketones is 1. The highest BCUT2D eigenvalue weighted by molar-refractivity contribution is 6.33. The second kappa shape index (κ2) is 5.31. The average Bonchev–Trinajstić information content (AvgIpc) is 2.77. The molecule has 98 valence electrons. The van der Waals surface area contributed by atoms with Gasteiger partial charge in [0, 0.05) is 18.2 Å². The van der Waals surface area contributed by atoms with E-state index in [2.05, 4.69) is 18.7 Å². The first kappa shape index (κ1) is 13.4. The maximum Gasteiger partial charge on any atom is 0.159 e. The third-order valence-corrected chi connectivity index (χ3v) is 4.04. The molecule has 0 aliphatic carbocycles. The largest absolute Gasteiger partial charge is 0.367 e. The van der Waals surface area contributed by atoms with Gasteiger partial charge in [0.15, 0.2) is 5.78 Å². The van der Waals surface area contributed by atoms with Gasteiger partial charge in [-0.25, -0.2) is 0 Å². The van der Waals surface area contributed by atoms with E-state index in [1.807, 2.05) is 12.1 Å². The first-order valence-electron chi connectivity index (χ1n) is 6.58. The minimum absolute atomic E-state index is 0.0604. The summed E-state index contributed by atoms with van der Waals surface area (Å²) in [6.07, 6.45) is 2.44. The van der Waals surface area contributed by atoms with Crippen molar-refractivity contribution in [2.45, 2.75) is 39.7 Å². The minimum atomic E-state index is 0.0604. The number of halogens is 1. The highest BCUT2D eigenvalue weighted by Crippen LogP contribution is 2.35. The van der Waals surface area contributed by atoms with E-state index in [1.165, 1.54) is 12.8 Å². The van der Waals surface area contributed by atoms with Crippen molar-refractivity contribution in [1.29, 1.82) is 0 Å². The van der Waals surface area contributed by atoms with Crippen molar-refractivity contribution in [3.63, 3.8) is 0 Å². The fourth-order valence-electron chi connectivity index (χ4n) is 2.74. The normalized spacial score (nSPS) is 19.6. The molecule has 18 heavy (non-hydrogen) atoms. The molecule has 1 saturated heterocycles. The number of carbonyl (C=O) groups excluding carboxylic acids is 1. The zero-order valence-corrected chi connectivity index (χ0v) is 12.0. The predicted octanol–water partition coefficient (Wildman–Crippen LogP) is 4.17. The Balaban J connectivity index is 2.31. The lowest BCUT2D eigenvalue weighted by atomic mass is 10.0. The standard InChI is InChI=1S/C15H20ClNO/c1-10(2)14-5-4-8-17(14)15-7-6-12(11(3)18)9-13(15)16/h6-7,9-10,14H,4-5,8H2,1-3H3. The van der Waals surface area contributed by atoms with Crippen molar-refractivity contribution in [2.75, 3.05) is 11.4 Å². The molecular formula is C15H20ClNO. The predicted molar refractivity (Wildman–Crippen MR) is 76.7 cm³/mol. The molecule has 0 bridgehead atoms. The monoisotopic (exact) mass is 265 g/mol. The number of benzene rings is 1. The van der Waals surface area contributed by atoms with Crippen LogP contribution in [0, 0.1) is 5.92 Å². The number of anilines is 1. The second-order valence-electron chi connectivity index (χ2n) is 5.37. The summed E-state index contributed by atoms with van der Waals surface area (Å²) in [7, 11) is 0. The van der Waals surface area contributed by atoms with Gasteiger partial charge >= 0.3 is 0 Å². The number of Topliss-reactive ketones (excluding diaryl/α,β-unsaturated/α-hetero) is 1. The Hall–Kier alpha value is -1.02. The summed E-state index contributed by atoms with van der Waals surface area (Å²) in [6.45, 7) is 7.13. The van der Waals surface area contributed by atoms with Crippen LogP contribution in [0.3, 0.4) is 0 Å². The summed E-state index contributed by atoms with van der Waals surface area (Å²) >= 11 is 6.33. The van der Waals surface area contributed by atoms with E-state index >= 15 is 0 Å². The Bertz CT molecular complexity index is 456. The molecule has 1 atom stereocenters. The third-order valence-electron chi connectivity index (χ3n) is 3.73. The molecule has 1 aliphatic heterocycles. The average molecular weight is 266 g/mol. The van der Waals surface area contributed by atoms with Gasteiger partial charge in [-0.05, 0) is 43.9 Å². The lowest BCUT2D eigenvalue weighted by Crippen LogP contribution is -2.33. The third kappa shape index (κ3) is 2.54. The van der Waals surface area contributed by atoms with Crippen molar-refractivity contribution in [3.8, 4) is 0 Å². The van der Waals surface area contributed by atoms with Crippen molar-refractivity contribution in [2.24, 2.45) is 5.92 Å². The first-order valence-corrected chi connectivity index (χ1v) is 6.95. The van der Waals surface area contributed by atoms with Crippen molar-refractivity contribution in [1.82, 2.24) is 0 Å². The smallest absolute Gasteiger partial charge is 0.159 e. The fourth-order valence-corrected chi connectivity index (χ4v) is 3.03. The van der Waals surface area contributed by atoms with Crippen LogP contribution < -0.4 is 4.90 Å². The van der Waals surface area contributed by atoms with Crippen LogP contribution in [-0.2, 0) is 0 Å². The van der Waals surface area contributed by atoms with E-state index in [0.29, 0.717) is 22.5 Å². The van der Waals surface area contributed by atoms with Gasteiger partial charge in [-0.15, -0.1) is 0 Å². The summed E-state index contributed by atoms with van der Waals surface area (Å²) in [5, 5.41) is 0.690. The molecule has 1 heterocycles. The zero-order chi connectivity index (χ0) is 13.3. The Labute approximate surface area is 114 Å². The first-order chi connectivity index (χ1) is 8.50. The van der Waals surface area contributed by atoms with Crippen molar-refractivity contribution < 1.29 is 4.79 Å². The van der Waals surface area contributed by atoms with E-state index in [4.69, 9.17) is 11.6 Å². The van der Waals surface area contributed by atoms with E-state index in [1.54, 1.807) is 13.0 Å². The quantitative estimate of drug-likeness (QED) is 0.765. The zero-order valence-electron chi connectivity index (χ0n) is 11.2. The molecule has 3 heteroatoms. The Morgan fingerprint density at radius 3 is 2.72 bits per heavy atom. The molecular weight excluding hydrogens is 246 g/mol. The molecule has 1 aromatic rings. The molecule has 1 aliphatic rings. The molecule has 0 aromatic heterocycles. The number of nitrogens with zero attached hydrogens (tertiary/aromatic N) is 1. The summed E-state index contributed by atoms with van der Waals surface area (Å²) in [5.74, 6) is 0.682. The van der Waals surface area contributed by atoms with Gasteiger partial charge in [0.2, 0.25) is 0 Å². The Kier molecular flexibility index (Phi) is 3.96. The minimum Gasteiger partial charge on any atom is -0.367 e. The van der Waals surface area contributed by atoms with Gasteiger partial charge in [0.1, 0.15) is 0 Å². The molecule has 1 fully saturated rings.